The second-order valence-corrected chi connectivity index (χ2v) is 9.22. The first kappa shape index (κ1) is 24.6. The first-order valence-electron chi connectivity index (χ1n) is 11.5. The minimum atomic E-state index is -1.52. The van der Waals surface area contributed by atoms with Gasteiger partial charge in [-0.1, -0.05) is 43.3 Å². The number of nitrogens with one attached hydrogen (secondary N) is 1. The van der Waals surface area contributed by atoms with Crippen LogP contribution < -0.4 is 14.2 Å². The van der Waals surface area contributed by atoms with Crippen LogP contribution in [-0.4, -0.2) is 20.3 Å². The topological polar surface area (TPSA) is 65.4 Å². The summed E-state index contributed by atoms with van der Waals surface area (Å²) < 4.78 is 44.1. The van der Waals surface area contributed by atoms with Crippen molar-refractivity contribution in [1.82, 2.24) is 14.3 Å². The maximum absolute atomic E-state index is 14.9. The van der Waals surface area contributed by atoms with Crippen LogP contribution in [0.4, 0.5) is 4.39 Å². The van der Waals surface area contributed by atoms with Gasteiger partial charge in [-0.3, -0.25) is 0 Å². The molecule has 4 rings (SSSR count). The van der Waals surface area contributed by atoms with Crippen molar-refractivity contribution < 1.29 is 18.1 Å². The number of hydrogen-bond acceptors (Lipinski definition) is 4. The maximum Gasteiger partial charge on any atom is 0.169 e. The Morgan fingerprint density at radius 2 is 1.83 bits per heavy atom. The van der Waals surface area contributed by atoms with E-state index in [-0.39, 0.29) is 5.75 Å². The summed E-state index contributed by atoms with van der Waals surface area (Å²) in [6, 6.07) is 19.8. The predicted octanol–water partition coefficient (Wildman–Crippen LogP) is 5.66. The molecule has 0 bridgehead atoms. The molecule has 0 fully saturated rings. The van der Waals surface area contributed by atoms with Gasteiger partial charge in [0.15, 0.2) is 23.1 Å². The summed E-state index contributed by atoms with van der Waals surface area (Å²) in [4.78, 5) is 4.34. The molecule has 1 aromatic heterocycles. The molecule has 0 aliphatic rings. The van der Waals surface area contributed by atoms with E-state index in [0.717, 1.165) is 30.5 Å². The van der Waals surface area contributed by atoms with E-state index in [2.05, 4.69) is 16.6 Å². The summed E-state index contributed by atoms with van der Waals surface area (Å²) in [6.07, 6.45) is 6.93. The Kier molecular flexibility index (Phi) is 8.64. The molecule has 0 aliphatic carbocycles. The first-order chi connectivity index (χ1) is 17.1. The van der Waals surface area contributed by atoms with Crippen LogP contribution in [0, 0.1) is 5.82 Å². The van der Waals surface area contributed by atoms with Gasteiger partial charge < -0.3 is 14.0 Å². The Morgan fingerprint density at radius 1 is 1.00 bits per heavy atom. The van der Waals surface area contributed by atoms with Gasteiger partial charge in [-0.25, -0.2) is 18.3 Å². The Bertz CT molecular complexity index is 1250. The van der Waals surface area contributed by atoms with Crippen LogP contribution in [0.1, 0.15) is 24.5 Å². The van der Waals surface area contributed by atoms with Crippen LogP contribution in [0.5, 0.6) is 17.2 Å². The number of hydrogen-bond donors (Lipinski definition) is 1. The third kappa shape index (κ3) is 7.00. The lowest BCUT2D eigenvalue weighted by Gasteiger charge is -2.15. The maximum atomic E-state index is 14.9. The van der Waals surface area contributed by atoms with Crippen LogP contribution in [-0.2, 0) is 30.6 Å². The highest BCUT2D eigenvalue weighted by molar-refractivity contribution is 7.83. The van der Waals surface area contributed by atoms with Gasteiger partial charge in [0.05, 0.1) is 11.2 Å². The molecule has 1 unspecified atom stereocenters. The third-order valence-corrected chi connectivity index (χ3v) is 6.52. The quantitative estimate of drug-likeness (QED) is 0.259. The highest BCUT2D eigenvalue weighted by atomic mass is 32.2. The molecule has 6 nitrogen and oxygen atoms in total. The van der Waals surface area contributed by atoms with Crippen molar-refractivity contribution in [3.63, 3.8) is 0 Å². The lowest BCUT2D eigenvalue weighted by atomic mass is 10.1. The molecular weight excluding hydrogens is 465 g/mol. The van der Waals surface area contributed by atoms with E-state index in [1.54, 1.807) is 24.7 Å². The van der Waals surface area contributed by atoms with E-state index in [0.29, 0.717) is 29.5 Å². The van der Waals surface area contributed by atoms with Crippen LogP contribution in [0.15, 0.2) is 90.3 Å². The SMILES string of the molecule is CCc1ccc(Oc2ccc(S(=O)NCCCn3ccnc3)cc2F)c(OCc2ccccc2)c1. The van der Waals surface area contributed by atoms with Gasteiger partial charge in [0.1, 0.15) is 17.6 Å². The lowest BCUT2D eigenvalue weighted by Crippen LogP contribution is -2.20. The molecule has 1 N–H and O–H groups in total. The number of benzene rings is 3. The number of rotatable bonds is 12. The highest BCUT2D eigenvalue weighted by Gasteiger charge is 2.14. The molecule has 0 radical (unpaired) electrons. The van der Waals surface area contributed by atoms with Gasteiger partial charge in [-0.2, -0.15) is 0 Å². The standard InChI is InChI=1S/C27H28FN3O3S/c1-2-21-9-11-26(27(17-21)33-19-22-7-4-3-5-8-22)34-25-12-10-23(18-24(25)28)35(32)30-13-6-15-31-16-14-29-20-31/h3-5,7-12,14,16-18,20,30H,2,6,13,15,19H2,1H3. The average molecular weight is 494 g/mol. The van der Waals surface area contributed by atoms with E-state index >= 15 is 0 Å². The van der Waals surface area contributed by atoms with Gasteiger partial charge in [0.2, 0.25) is 0 Å². The Balaban J connectivity index is 1.39. The molecule has 0 saturated carbocycles. The number of halogens is 1. The molecule has 0 amide bonds. The van der Waals surface area contributed by atoms with Crippen LogP contribution in [0.3, 0.4) is 0 Å². The monoisotopic (exact) mass is 493 g/mol. The Hall–Kier alpha value is -3.49. The second-order valence-electron chi connectivity index (χ2n) is 7.92. The van der Waals surface area contributed by atoms with Crippen LogP contribution >= 0.6 is 0 Å². The summed E-state index contributed by atoms with van der Waals surface area (Å²) in [5.41, 5.74) is 2.11. The van der Waals surface area contributed by atoms with Gasteiger partial charge >= 0.3 is 0 Å². The molecule has 182 valence electrons. The van der Waals surface area contributed by atoms with E-state index in [1.807, 2.05) is 53.2 Å². The molecule has 8 heteroatoms. The van der Waals surface area contributed by atoms with E-state index < -0.39 is 16.8 Å². The van der Waals surface area contributed by atoms with Gasteiger partial charge in [-0.15, -0.1) is 0 Å². The molecule has 3 aromatic carbocycles. The number of aryl methyl sites for hydroxylation is 2. The number of ether oxygens (including phenoxy) is 2. The minimum Gasteiger partial charge on any atom is -0.485 e. The normalized spacial score (nSPS) is 11.8. The van der Waals surface area contributed by atoms with Crippen LogP contribution in [0.25, 0.3) is 0 Å². The van der Waals surface area contributed by atoms with Gasteiger partial charge in [0, 0.05) is 25.5 Å². The van der Waals surface area contributed by atoms with E-state index in [4.69, 9.17) is 9.47 Å². The van der Waals surface area contributed by atoms with Gasteiger partial charge in [-0.05, 0) is 54.3 Å². The molecule has 4 aromatic rings. The van der Waals surface area contributed by atoms with Crippen molar-refractivity contribution in [3.8, 4) is 17.2 Å². The summed E-state index contributed by atoms with van der Waals surface area (Å²) in [5.74, 6) is 0.410. The molecule has 1 heterocycles. The van der Waals surface area contributed by atoms with E-state index in [9.17, 15) is 8.60 Å². The smallest absolute Gasteiger partial charge is 0.169 e. The molecule has 1 atom stereocenters. The summed E-state index contributed by atoms with van der Waals surface area (Å²) in [6.45, 7) is 3.71. The van der Waals surface area contributed by atoms with E-state index in [1.165, 1.54) is 12.1 Å². The zero-order chi connectivity index (χ0) is 24.5. The largest absolute Gasteiger partial charge is 0.485 e. The van der Waals surface area contributed by atoms with Crippen molar-refractivity contribution in [2.75, 3.05) is 6.54 Å². The third-order valence-electron chi connectivity index (χ3n) is 5.38. The fraction of sp³-hybridized carbons (Fsp3) is 0.222. The van der Waals surface area contributed by atoms with Crippen molar-refractivity contribution in [1.29, 1.82) is 0 Å². The molecule has 0 saturated heterocycles. The molecular formula is C27H28FN3O3S. The van der Waals surface area contributed by atoms with Crippen molar-refractivity contribution in [2.45, 2.75) is 37.8 Å². The summed E-state index contributed by atoms with van der Waals surface area (Å²) >= 11 is 0. The summed E-state index contributed by atoms with van der Waals surface area (Å²) in [5, 5.41) is 0. The zero-order valence-electron chi connectivity index (χ0n) is 19.5. The predicted molar refractivity (Wildman–Crippen MR) is 134 cm³/mol. The number of aromatic nitrogens is 2. The summed E-state index contributed by atoms with van der Waals surface area (Å²) in [7, 11) is -1.52. The number of imidazole rings is 1. The highest BCUT2D eigenvalue weighted by Crippen LogP contribution is 2.35. The second kappa shape index (κ2) is 12.3. The molecule has 0 spiro atoms. The molecule has 0 aliphatic heterocycles. The van der Waals surface area contributed by atoms with Crippen molar-refractivity contribution in [2.24, 2.45) is 0 Å². The fourth-order valence-electron chi connectivity index (χ4n) is 3.43. The number of nitrogens with zero attached hydrogens (tertiary/aromatic N) is 2. The Labute approximate surface area is 207 Å². The van der Waals surface area contributed by atoms with Crippen molar-refractivity contribution >= 4 is 11.0 Å². The Morgan fingerprint density at radius 3 is 2.57 bits per heavy atom. The fourth-order valence-corrected chi connectivity index (χ4v) is 4.33. The minimum absolute atomic E-state index is 0.0414. The lowest BCUT2D eigenvalue weighted by molar-refractivity contribution is 0.289. The molecule has 35 heavy (non-hydrogen) atoms. The van der Waals surface area contributed by atoms with Gasteiger partial charge in [0.25, 0.3) is 0 Å². The average Bonchev–Trinajstić information content (AvgIpc) is 3.41. The first-order valence-corrected chi connectivity index (χ1v) is 12.7. The van der Waals surface area contributed by atoms with Crippen LogP contribution in [0.2, 0.25) is 0 Å². The zero-order valence-corrected chi connectivity index (χ0v) is 20.3. The van der Waals surface area contributed by atoms with Crippen molar-refractivity contribution in [3.05, 3.63) is 102 Å².